The maximum absolute atomic E-state index is 5.95. The van der Waals surface area contributed by atoms with Crippen LogP contribution in [-0.2, 0) is 61.6 Å². The summed E-state index contributed by atoms with van der Waals surface area (Å²) >= 11 is 0. The molecule has 8 fully saturated rings. The van der Waals surface area contributed by atoms with Gasteiger partial charge in [-0.2, -0.15) is 0 Å². The largest absolute Gasteiger partial charge is 0.491 e. The zero-order valence-corrected chi connectivity index (χ0v) is 45.0. The van der Waals surface area contributed by atoms with Crippen LogP contribution < -0.4 is 14.2 Å². The van der Waals surface area contributed by atoms with Gasteiger partial charge in [0.2, 0.25) is 0 Å². The molecule has 0 aliphatic carbocycles. The van der Waals surface area contributed by atoms with Gasteiger partial charge in [0.1, 0.15) is 79.8 Å². The zero-order valence-electron chi connectivity index (χ0n) is 45.0. The number of hydrogen-bond acceptors (Lipinski definition) is 16. The summed E-state index contributed by atoms with van der Waals surface area (Å²) in [6, 6.07) is 18.6. The summed E-state index contributed by atoms with van der Waals surface area (Å²) in [5.74, 6) is 3.23. The Bertz CT molecular complexity index is 1790. The standard InChI is InChI=1S/C22H26O4.C11H18O5.C10H18O5.C9H10O2.C3H8.C2H6/c1-13-5-17(6-14(2)21(13)25-11-19-9-23-19)18-7-15(3)22(16(4)8-18)26-12-20-10-24-20;1(12-3-9-5-14-9)8(11-7-16-11)2-13-4-10-6-15-10;1(3-12-5-9-7-14-9)11-2-4-13-6-10-8-15-10;1-2-4-8(5-3-1)10-6-9-7-11-9;1-3-2;1-2/h5-8,19-20H,9-12H2,1-4H3;8-11H,1-7H2;9-10H,1-8H2;1-5,9H,6-7H2;3H2,1-2H3;1-2H3. The molecule has 73 heavy (non-hydrogen) atoms. The van der Waals surface area contributed by atoms with Gasteiger partial charge in [-0.05, 0) is 97.5 Å². The Morgan fingerprint density at radius 1 is 0.411 bits per heavy atom. The second-order valence-electron chi connectivity index (χ2n) is 19.0. The third kappa shape index (κ3) is 26.2. The highest BCUT2D eigenvalue weighted by Crippen LogP contribution is 2.35. The van der Waals surface area contributed by atoms with Gasteiger partial charge in [-0.15, -0.1) is 0 Å². The second kappa shape index (κ2) is 32.9. The molecule has 8 heterocycles. The summed E-state index contributed by atoms with van der Waals surface area (Å²) in [5, 5.41) is 0. The molecular formula is C57H86O16. The predicted octanol–water partition coefficient (Wildman–Crippen LogP) is 7.72. The van der Waals surface area contributed by atoms with Gasteiger partial charge in [0.05, 0.1) is 125 Å². The molecule has 11 rings (SSSR count). The first-order valence-electron chi connectivity index (χ1n) is 26.7. The Morgan fingerprint density at radius 2 is 0.712 bits per heavy atom. The van der Waals surface area contributed by atoms with Gasteiger partial charge in [0, 0.05) is 5.92 Å². The third-order valence-electron chi connectivity index (χ3n) is 11.6. The second-order valence-corrected chi connectivity index (χ2v) is 19.0. The van der Waals surface area contributed by atoms with Gasteiger partial charge >= 0.3 is 0 Å². The van der Waals surface area contributed by atoms with Gasteiger partial charge in [-0.1, -0.05) is 52.3 Å². The Labute approximate surface area is 435 Å². The molecule has 8 aliphatic heterocycles. The first-order chi connectivity index (χ1) is 35.7. The van der Waals surface area contributed by atoms with E-state index in [4.69, 9.17) is 75.8 Å². The molecule has 0 aromatic heterocycles. The van der Waals surface area contributed by atoms with Gasteiger partial charge in [0.15, 0.2) is 0 Å². The first-order valence-corrected chi connectivity index (χ1v) is 26.7. The summed E-state index contributed by atoms with van der Waals surface area (Å²) in [7, 11) is 0. The minimum Gasteiger partial charge on any atom is -0.491 e. The van der Waals surface area contributed by atoms with Crippen molar-refractivity contribution in [2.24, 2.45) is 5.92 Å². The Kier molecular flexibility index (Phi) is 26.5. The van der Waals surface area contributed by atoms with Crippen LogP contribution in [0.25, 0.3) is 11.1 Å². The number of benzene rings is 3. The molecule has 16 heteroatoms. The average Bonchev–Trinajstić information content (AvgIpc) is 4.21. The van der Waals surface area contributed by atoms with E-state index in [2.05, 4.69) is 65.8 Å². The monoisotopic (exact) mass is 1030 g/mol. The molecule has 0 N–H and O–H groups in total. The highest BCUT2D eigenvalue weighted by molar-refractivity contribution is 5.70. The third-order valence-corrected chi connectivity index (χ3v) is 11.6. The van der Waals surface area contributed by atoms with E-state index < -0.39 is 0 Å². The van der Waals surface area contributed by atoms with Crippen LogP contribution in [0, 0.1) is 33.6 Å². The molecule has 16 nitrogen and oxygen atoms in total. The minimum atomic E-state index is 0.271. The fourth-order valence-electron chi connectivity index (χ4n) is 6.96. The van der Waals surface area contributed by atoms with E-state index in [0.717, 1.165) is 92.4 Å². The Balaban J connectivity index is 0.000000161. The molecule has 0 amide bonds. The van der Waals surface area contributed by atoms with Crippen molar-refractivity contribution < 1.29 is 75.8 Å². The maximum Gasteiger partial charge on any atom is 0.125 e. The van der Waals surface area contributed by atoms with Crippen molar-refractivity contribution in [1.82, 2.24) is 0 Å². The lowest BCUT2D eigenvalue weighted by Gasteiger charge is -2.16. The Morgan fingerprint density at radius 3 is 1.04 bits per heavy atom. The summed E-state index contributed by atoms with van der Waals surface area (Å²) in [4.78, 5) is 0. The predicted molar refractivity (Wildman–Crippen MR) is 277 cm³/mol. The van der Waals surface area contributed by atoms with Crippen molar-refractivity contribution >= 4 is 0 Å². The lowest BCUT2D eigenvalue weighted by atomic mass is 9.96. The van der Waals surface area contributed by atoms with Gasteiger partial charge in [-0.25, -0.2) is 0 Å². The van der Waals surface area contributed by atoms with E-state index in [-0.39, 0.29) is 12.2 Å². The number of para-hydroxylation sites is 1. The van der Waals surface area contributed by atoms with E-state index >= 15 is 0 Å². The van der Waals surface area contributed by atoms with Crippen LogP contribution in [-0.4, -0.2) is 188 Å². The Hall–Kier alpha value is -3.46. The van der Waals surface area contributed by atoms with Crippen molar-refractivity contribution in [3.05, 3.63) is 76.9 Å². The minimum absolute atomic E-state index is 0.271. The molecule has 8 unspecified atom stereocenters. The molecule has 0 bridgehead atoms. The van der Waals surface area contributed by atoms with Crippen molar-refractivity contribution in [3.8, 4) is 28.4 Å². The summed E-state index contributed by atoms with van der Waals surface area (Å²) in [6.45, 7) is 32.0. The normalized spacial score (nSPS) is 24.8. The molecule has 8 aliphatic rings. The van der Waals surface area contributed by atoms with E-state index in [9.17, 15) is 0 Å². The maximum atomic E-state index is 5.95. The van der Waals surface area contributed by atoms with Crippen LogP contribution in [0.2, 0.25) is 0 Å². The molecule has 8 saturated heterocycles. The topological polar surface area (TPSA) is 174 Å². The fraction of sp³-hybridized carbons (Fsp3) is 0.684. The van der Waals surface area contributed by atoms with Crippen molar-refractivity contribution in [2.75, 3.05) is 139 Å². The molecule has 3 aromatic carbocycles. The highest BCUT2D eigenvalue weighted by Gasteiger charge is 2.35. The molecule has 410 valence electrons. The fourth-order valence-corrected chi connectivity index (χ4v) is 6.96. The van der Waals surface area contributed by atoms with Gasteiger partial charge < -0.3 is 75.8 Å². The zero-order chi connectivity index (χ0) is 51.6. The van der Waals surface area contributed by atoms with E-state index in [1.165, 1.54) is 17.5 Å². The number of aryl methyl sites for hydroxylation is 4. The molecule has 8 atom stereocenters. The number of rotatable bonds is 29. The summed E-state index contributed by atoms with van der Waals surface area (Å²) in [5.41, 5.74) is 7.03. The van der Waals surface area contributed by atoms with Crippen LogP contribution >= 0.6 is 0 Å². The molecule has 0 saturated carbocycles. The summed E-state index contributed by atoms with van der Waals surface area (Å²) in [6.07, 6.45) is 3.82. The van der Waals surface area contributed by atoms with Crippen LogP contribution in [0.15, 0.2) is 54.6 Å². The van der Waals surface area contributed by atoms with Crippen molar-refractivity contribution in [1.29, 1.82) is 0 Å². The highest BCUT2D eigenvalue weighted by atomic mass is 16.6. The van der Waals surface area contributed by atoms with Gasteiger partial charge in [-0.3, -0.25) is 0 Å². The van der Waals surface area contributed by atoms with Crippen LogP contribution in [0.5, 0.6) is 17.2 Å². The summed E-state index contributed by atoms with van der Waals surface area (Å²) < 4.78 is 85.3. The van der Waals surface area contributed by atoms with E-state index in [1.807, 2.05) is 44.2 Å². The number of epoxide rings is 8. The van der Waals surface area contributed by atoms with Crippen molar-refractivity contribution in [2.45, 2.75) is 111 Å². The lowest BCUT2D eigenvalue weighted by molar-refractivity contribution is 0.00937. The quantitative estimate of drug-likeness (QED) is 0.0488. The first kappa shape index (κ1) is 58.8. The SMILES string of the molecule is C(COCC1CO1)OCCOCC1CO1.C(OCC(COCC1CO1)C1CO1)C1CO1.CC.CCC.Cc1cc(-c2cc(C)c(OCC3CO3)c(C)c2)cc(C)c1OCC1CO1.c1ccc(OCC2CO2)cc1. The van der Waals surface area contributed by atoms with Crippen LogP contribution in [0.1, 0.15) is 56.4 Å². The van der Waals surface area contributed by atoms with Crippen LogP contribution in [0.4, 0.5) is 0 Å². The molecular weight excluding hydrogens is 941 g/mol. The number of ether oxygens (including phenoxy) is 16. The lowest BCUT2D eigenvalue weighted by Crippen LogP contribution is -2.24. The van der Waals surface area contributed by atoms with Crippen LogP contribution in [0.3, 0.4) is 0 Å². The molecule has 3 aromatic rings. The van der Waals surface area contributed by atoms with Gasteiger partial charge in [0.25, 0.3) is 0 Å². The number of hydrogen-bond donors (Lipinski definition) is 0. The van der Waals surface area contributed by atoms with E-state index in [0.29, 0.717) is 128 Å². The molecule has 0 radical (unpaired) electrons. The van der Waals surface area contributed by atoms with Crippen molar-refractivity contribution in [3.63, 3.8) is 0 Å². The van der Waals surface area contributed by atoms with E-state index in [1.54, 1.807) is 0 Å². The smallest absolute Gasteiger partial charge is 0.125 e. The molecule has 0 spiro atoms. The average molecular weight is 1030 g/mol.